The molecular weight excluding hydrogens is 254 g/mol. The smallest absolute Gasteiger partial charge is 0.373 e. The molecule has 0 saturated carbocycles. The number of hydrogen-bond donors (Lipinski definition) is 1. The van der Waals surface area contributed by atoms with Crippen molar-refractivity contribution in [3.63, 3.8) is 0 Å². The molecule has 0 aliphatic heterocycles. The molecule has 4 nitrogen and oxygen atoms in total. The zero-order valence-corrected chi connectivity index (χ0v) is 12.2. The van der Waals surface area contributed by atoms with Crippen molar-refractivity contribution in [1.82, 2.24) is 4.98 Å². The maximum absolute atomic E-state index is 11.3. The number of aromatic carboxylic acids is 1. The number of aromatic nitrogens is 1. The third kappa shape index (κ3) is 2.74. The van der Waals surface area contributed by atoms with E-state index in [-0.39, 0.29) is 5.76 Å². The summed E-state index contributed by atoms with van der Waals surface area (Å²) in [7, 11) is 0. The van der Waals surface area contributed by atoms with Crippen molar-refractivity contribution < 1.29 is 14.3 Å². The topological polar surface area (TPSA) is 63.3 Å². The van der Waals surface area contributed by atoms with Gasteiger partial charge in [-0.05, 0) is 43.4 Å². The van der Waals surface area contributed by atoms with Gasteiger partial charge in [0.2, 0.25) is 11.7 Å². The van der Waals surface area contributed by atoms with Gasteiger partial charge in [0.1, 0.15) is 0 Å². The standard InChI is InChI=1S/C16H19NO3/c1-9(2)8-13-14(16(18)19)20-15(17-13)12-7-5-6-10(3)11(12)4/h5-7,9H,8H2,1-4H3,(H,18,19). The van der Waals surface area contributed by atoms with Gasteiger partial charge in [0.25, 0.3) is 0 Å². The molecule has 2 aromatic rings. The Balaban J connectivity index is 2.53. The fourth-order valence-electron chi connectivity index (χ4n) is 2.14. The second-order valence-corrected chi connectivity index (χ2v) is 5.45. The molecule has 4 heteroatoms. The molecule has 0 unspecified atom stereocenters. The van der Waals surface area contributed by atoms with Crippen molar-refractivity contribution in [2.75, 3.05) is 0 Å². The molecule has 0 aliphatic carbocycles. The van der Waals surface area contributed by atoms with Gasteiger partial charge in [-0.2, -0.15) is 0 Å². The molecular formula is C16H19NO3. The minimum atomic E-state index is -1.07. The van der Waals surface area contributed by atoms with Gasteiger partial charge >= 0.3 is 5.97 Å². The van der Waals surface area contributed by atoms with Crippen molar-refractivity contribution in [3.8, 4) is 11.5 Å². The first kappa shape index (κ1) is 14.3. The second kappa shape index (κ2) is 5.49. The largest absolute Gasteiger partial charge is 0.475 e. The molecule has 20 heavy (non-hydrogen) atoms. The van der Waals surface area contributed by atoms with Crippen LogP contribution in [0, 0.1) is 19.8 Å². The van der Waals surface area contributed by atoms with Gasteiger partial charge in [-0.25, -0.2) is 9.78 Å². The molecule has 1 aromatic heterocycles. The summed E-state index contributed by atoms with van der Waals surface area (Å²) in [5, 5.41) is 9.23. The van der Waals surface area contributed by atoms with Crippen molar-refractivity contribution in [2.24, 2.45) is 5.92 Å². The minimum absolute atomic E-state index is 0.0467. The van der Waals surface area contributed by atoms with E-state index in [9.17, 15) is 9.90 Å². The third-order valence-corrected chi connectivity index (χ3v) is 3.33. The summed E-state index contributed by atoms with van der Waals surface area (Å²) in [4.78, 5) is 15.7. The predicted molar refractivity (Wildman–Crippen MR) is 76.9 cm³/mol. The molecule has 0 bridgehead atoms. The fourth-order valence-corrected chi connectivity index (χ4v) is 2.14. The number of carbonyl (C=O) groups is 1. The number of benzene rings is 1. The Kier molecular flexibility index (Phi) is 3.93. The quantitative estimate of drug-likeness (QED) is 0.918. The number of carboxylic acids is 1. The fraction of sp³-hybridized carbons (Fsp3) is 0.375. The van der Waals surface area contributed by atoms with Gasteiger partial charge in [-0.15, -0.1) is 0 Å². The lowest BCUT2D eigenvalue weighted by Gasteiger charge is -2.04. The number of nitrogens with zero attached hydrogens (tertiary/aromatic N) is 1. The Morgan fingerprint density at radius 3 is 2.65 bits per heavy atom. The molecule has 1 heterocycles. The highest BCUT2D eigenvalue weighted by Gasteiger charge is 2.21. The zero-order chi connectivity index (χ0) is 14.9. The predicted octanol–water partition coefficient (Wildman–Crippen LogP) is 3.86. The summed E-state index contributed by atoms with van der Waals surface area (Å²) in [6, 6.07) is 5.83. The SMILES string of the molecule is Cc1cccc(-c2nc(CC(C)C)c(C(=O)O)o2)c1C. The maximum Gasteiger partial charge on any atom is 0.373 e. The summed E-state index contributed by atoms with van der Waals surface area (Å²) in [5.41, 5.74) is 3.55. The molecule has 0 atom stereocenters. The highest BCUT2D eigenvalue weighted by Crippen LogP contribution is 2.27. The summed E-state index contributed by atoms with van der Waals surface area (Å²) >= 11 is 0. The Bertz CT molecular complexity index is 641. The molecule has 0 saturated heterocycles. The van der Waals surface area contributed by atoms with Gasteiger partial charge < -0.3 is 9.52 Å². The van der Waals surface area contributed by atoms with Crippen LogP contribution >= 0.6 is 0 Å². The van der Waals surface area contributed by atoms with Crippen LogP contribution in [-0.2, 0) is 6.42 Å². The number of carboxylic acid groups (broad SMARTS) is 1. The van der Waals surface area contributed by atoms with Crippen molar-refractivity contribution in [3.05, 3.63) is 40.8 Å². The summed E-state index contributed by atoms with van der Waals surface area (Å²) < 4.78 is 5.49. The Morgan fingerprint density at radius 2 is 2.05 bits per heavy atom. The van der Waals surface area contributed by atoms with E-state index in [1.54, 1.807) is 0 Å². The number of aryl methyl sites for hydroxylation is 1. The van der Waals surface area contributed by atoms with E-state index < -0.39 is 5.97 Å². The highest BCUT2D eigenvalue weighted by molar-refractivity contribution is 5.86. The molecule has 1 aromatic carbocycles. The first-order valence-electron chi connectivity index (χ1n) is 6.69. The molecule has 0 fully saturated rings. The molecule has 0 spiro atoms. The maximum atomic E-state index is 11.3. The van der Waals surface area contributed by atoms with Crippen molar-refractivity contribution in [2.45, 2.75) is 34.1 Å². The summed E-state index contributed by atoms with van der Waals surface area (Å²) in [5.74, 6) is -0.400. The Hall–Kier alpha value is -2.10. The average molecular weight is 273 g/mol. The molecule has 2 rings (SSSR count). The van der Waals surface area contributed by atoms with Crippen molar-refractivity contribution in [1.29, 1.82) is 0 Å². The van der Waals surface area contributed by atoms with Crippen LogP contribution in [0.3, 0.4) is 0 Å². The van der Waals surface area contributed by atoms with Gasteiger partial charge in [0, 0.05) is 5.56 Å². The molecule has 0 aliphatic rings. The van der Waals surface area contributed by atoms with Crippen LogP contribution in [0.1, 0.15) is 41.2 Å². The molecule has 0 radical (unpaired) electrons. The Labute approximate surface area is 118 Å². The number of oxazole rings is 1. The molecule has 0 amide bonds. The molecule has 1 N–H and O–H groups in total. The van der Waals surface area contributed by atoms with Gasteiger partial charge in [-0.1, -0.05) is 26.0 Å². The minimum Gasteiger partial charge on any atom is -0.475 e. The van der Waals surface area contributed by atoms with Crippen LogP contribution in [0.5, 0.6) is 0 Å². The first-order valence-corrected chi connectivity index (χ1v) is 6.69. The van der Waals surface area contributed by atoms with E-state index in [2.05, 4.69) is 4.98 Å². The highest BCUT2D eigenvalue weighted by atomic mass is 16.4. The van der Waals surface area contributed by atoms with Crippen molar-refractivity contribution >= 4 is 5.97 Å². The van der Waals surface area contributed by atoms with Crippen LogP contribution < -0.4 is 0 Å². The summed E-state index contributed by atoms with van der Waals surface area (Å²) in [6.45, 7) is 8.04. The van der Waals surface area contributed by atoms with Gasteiger partial charge in [-0.3, -0.25) is 0 Å². The van der Waals surface area contributed by atoms with E-state index in [0.717, 1.165) is 16.7 Å². The second-order valence-electron chi connectivity index (χ2n) is 5.45. The van der Waals surface area contributed by atoms with Gasteiger partial charge in [0.15, 0.2) is 0 Å². The normalized spacial score (nSPS) is 11.1. The summed E-state index contributed by atoms with van der Waals surface area (Å²) in [6.07, 6.45) is 0.593. The van der Waals surface area contributed by atoms with E-state index in [1.165, 1.54) is 0 Å². The van der Waals surface area contributed by atoms with Crippen LogP contribution in [-0.4, -0.2) is 16.1 Å². The van der Waals surface area contributed by atoms with Crippen LogP contribution in [0.25, 0.3) is 11.5 Å². The average Bonchev–Trinajstić information content (AvgIpc) is 2.75. The van der Waals surface area contributed by atoms with E-state index in [4.69, 9.17) is 4.42 Å². The van der Waals surface area contributed by atoms with Crippen LogP contribution in [0.15, 0.2) is 22.6 Å². The lowest BCUT2D eigenvalue weighted by Crippen LogP contribution is -2.03. The monoisotopic (exact) mass is 273 g/mol. The first-order chi connectivity index (χ1) is 9.40. The van der Waals surface area contributed by atoms with E-state index >= 15 is 0 Å². The van der Waals surface area contributed by atoms with Crippen LogP contribution in [0.2, 0.25) is 0 Å². The van der Waals surface area contributed by atoms with Crippen LogP contribution in [0.4, 0.5) is 0 Å². The molecule has 106 valence electrons. The Morgan fingerprint density at radius 1 is 1.35 bits per heavy atom. The van der Waals surface area contributed by atoms with E-state index in [1.807, 2.05) is 45.9 Å². The van der Waals surface area contributed by atoms with E-state index in [0.29, 0.717) is 23.9 Å². The lowest BCUT2D eigenvalue weighted by molar-refractivity contribution is 0.0661. The number of hydrogen-bond acceptors (Lipinski definition) is 3. The zero-order valence-electron chi connectivity index (χ0n) is 12.2. The lowest BCUT2D eigenvalue weighted by atomic mass is 10.0. The number of rotatable bonds is 4. The van der Waals surface area contributed by atoms with Gasteiger partial charge in [0.05, 0.1) is 5.69 Å². The third-order valence-electron chi connectivity index (χ3n) is 3.33.